The molecule has 0 bridgehead atoms. The van der Waals surface area contributed by atoms with Gasteiger partial charge in [-0.15, -0.1) is 10.2 Å². The highest BCUT2D eigenvalue weighted by Crippen LogP contribution is 2.31. The first-order valence-electron chi connectivity index (χ1n) is 8.21. The molecule has 0 atom stereocenters. The van der Waals surface area contributed by atoms with Crippen LogP contribution in [0.1, 0.15) is 24.2 Å². The van der Waals surface area contributed by atoms with Crippen molar-refractivity contribution in [2.24, 2.45) is 0 Å². The van der Waals surface area contributed by atoms with E-state index in [0.717, 1.165) is 15.2 Å². The van der Waals surface area contributed by atoms with Gasteiger partial charge in [0.25, 0.3) is 0 Å². The van der Waals surface area contributed by atoms with Gasteiger partial charge >= 0.3 is 0 Å². The number of benzene rings is 1. The van der Waals surface area contributed by atoms with Crippen LogP contribution in [-0.2, 0) is 5.75 Å². The van der Waals surface area contributed by atoms with Crippen LogP contribution in [0.4, 0.5) is 22.7 Å². The second kappa shape index (κ2) is 7.42. The second-order valence-electron chi connectivity index (χ2n) is 6.00. The first-order valence-corrected chi connectivity index (χ1v) is 10.0. The van der Waals surface area contributed by atoms with Crippen LogP contribution in [0.2, 0.25) is 0 Å². The molecular weight excluding hydrogens is 368 g/mol. The lowest BCUT2D eigenvalue weighted by molar-refractivity contribution is 0.972. The Morgan fingerprint density at radius 2 is 1.96 bits per heavy atom. The average Bonchev–Trinajstić information content (AvgIpc) is 3.31. The maximum absolute atomic E-state index is 5.83. The lowest BCUT2D eigenvalue weighted by Crippen LogP contribution is -2.06. The number of nitrogens with two attached hydrogens (primary N) is 1. The molecule has 0 amide bonds. The fraction of sp³-hybridized carbons (Fsp3) is 0.312. The number of hydrogen-bond donors (Lipinski definition) is 3. The first kappa shape index (κ1) is 17.0. The molecule has 0 aliphatic heterocycles. The SMILES string of the molecule is Cc1ccc(Nc2nc(N)nc(CSc3nnc(NC4CC4)s3)n2)cc1. The van der Waals surface area contributed by atoms with Gasteiger partial charge in [0.05, 0.1) is 5.75 Å². The standard InChI is InChI=1S/C16H18N8S2/c1-9-2-4-10(5-3-9)18-14-21-12(20-13(17)22-14)8-25-16-24-23-15(26-16)19-11-6-7-11/h2-5,11H,6-8H2,1H3,(H,19,23)(H3,17,18,20,21,22). The summed E-state index contributed by atoms with van der Waals surface area (Å²) in [5.74, 6) is 1.78. The summed E-state index contributed by atoms with van der Waals surface area (Å²) in [6.07, 6.45) is 2.42. The van der Waals surface area contributed by atoms with Crippen molar-refractivity contribution in [3.05, 3.63) is 35.7 Å². The molecule has 1 aliphatic rings. The Bertz CT molecular complexity index is 892. The Balaban J connectivity index is 1.40. The highest BCUT2D eigenvalue weighted by Gasteiger charge is 2.22. The normalized spacial score (nSPS) is 13.6. The van der Waals surface area contributed by atoms with Crippen LogP contribution in [0.3, 0.4) is 0 Å². The largest absolute Gasteiger partial charge is 0.368 e. The maximum atomic E-state index is 5.83. The van der Waals surface area contributed by atoms with Gasteiger partial charge in [-0.1, -0.05) is 40.8 Å². The molecule has 1 fully saturated rings. The summed E-state index contributed by atoms with van der Waals surface area (Å²) in [6, 6.07) is 8.55. The van der Waals surface area contributed by atoms with Crippen molar-refractivity contribution in [1.29, 1.82) is 0 Å². The lowest BCUT2D eigenvalue weighted by atomic mass is 10.2. The van der Waals surface area contributed by atoms with Crippen LogP contribution in [0.15, 0.2) is 28.6 Å². The fourth-order valence-corrected chi connectivity index (χ4v) is 3.86. The Kier molecular flexibility index (Phi) is 4.85. The Morgan fingerprint density at radius 1 is 1.15 bits per heavy atom. The molecular formula is C16H18N8S2. The summed E-state index contributed by atoms with van der Waals surface area (Å²) < 4.78 is 0.875. The number of nitrogen functional groups attached to an aromatic ring is 1. The quantitative estimate of drug-likeness (QED) is 0.526. The van der Waals surface area contributed by atoms with Gasteiger partial charge in [-0.05, 0) is 31.9 Å². The van der Waals surface area contributed by atoms with Crippen molar-refractivity contribution < 1.29 is 0 Å². The maximum Gasteiger partial charge on any atom is 0.232 e. The van der Waals surface area contributed by atoms with Crippen LogP contribution in [-0.4, -0.2) is 31.2 Å². The van der Waals surface area contributed by atoms with Crippen molar-refractivity contribution in [1.82, 2.24) is 25.1 Å². The number of aromatic nitrogens is 5. The van der Waals surface area contributed by atoms with Crippen LogP contribution >= 0.6 is 23.1 Å². The van der Waals surface area contributed by atoms with Gasteiger partial charge in [0.15, 0.2) is 4.34 Å². The van der Waals surface area contributed by atoms with Crippen LogP contribution in [0.25, 0.3) is 0 Å². The minimum absolute atomic E-state index is 0.193. The minimum Gasteiger partial charge on any atom is -0.368 e. The summed E-state index contributed by atoms with van der Waals surface area (Å²) in [5, 5.41) is 15.7. The molecule has 2 aromatic heterocycles. The summed E-state index contributed by atoms with van der Waals surface area (Å²) >= 11 is 3.08. The molecule has 0 radical (unpaired) electrons. The van der Waals surface area contributed by atoms with Crippen LogP contribution in [0.5, 0.6) is 0 Å². The van der Waals surface area contributed by atoms with E-state index >= 15 is 0 Å². The van der Waals surface area contributed by atoms with Crippen LogP contribution < -0.4 is 16.4 Å². The van der Waals surface area contributed by atoms with E-state index in [-0.39, 0.29) is 5.95 Å². The number of thioether (sulfide) groups is 1. The van der Waals surface area contributed by atoms with Crippen molar-refractivity contribution in [3.63, 3.8) is 0 Å². The van der Waals surface area contributed by atoms with E-state index in [9.17, 15) is 0 Å². The Hall–Kier alpha value is -2.46. The number of aryl methyl sites for hydroxylation is 1. The second-order valence-corrected chi connectivity index (χ2v) is 8.20. The Labute approximate surface area is 159 Å². The van der Waals surface area contributed by atoms with Gasteiger partial charge in [-0.3, -0.25) is 0 Å². The monoisotopic (exact) mass is 386 g/mol. The molecule has 2 heterocycles. The number of anilines is 4. The van der Waals surface area contributed by atoms with Gasteiger partial charge in [0.2, 0.25) is 17.0 Å². The molecule has 4 rings (SSSR count). The van der Waals surface area contributed by atoms with E-state index in [2.05, 4.69) is 35.8 Å². The van der Waals surface area contributed by atoms with E-state index in [4.69, 9.17) is 5.73 Å². The molecule has 1 saturated carbocycles. The van der Waals surface area contributed by atoms with Gasteiger partial charge in [-0.2, -0.15) is 15.0 Å². The van der Waals surface area contributed by atoms with Crippen LogP contribution in [0, 0.1) is 6.92 Å². The van der Waals surface area contributed by atoms with Crippen molar-refractivity contribution >= 4 is 45.8 Å². The highest BCUT2D eigenvalue weighted by molar-refractivity contribution is 8.00. The molecule has 8 nitrogen and oxygen atoms in total. The van der Waals surface area contributed by atoms with Gasteiger partial charge in [0.1, 0.15) is 5.82 Å². The van der Waals surface area contributed by atoms with E-state index in [1.165, 1.54) is 30.2 Å². The van der Waals surface area contributed by atoms with E-state index in [1.807, 2.05) is 31.2 Å². The molecule has 0 unspecified atom stereocenters. The molecule has 134 valence electrons. The van der Waals surface area contributed by atoms with Gasteiger partial charge in [0, 0.05) is 11.7 Å². The zero-order valence-electron chi connectivity index (χ0n) is 14.1. The van der Waals surface area contributed by atoms with Crippen molar-refractivity contribution in [2.75, 3.05) is 16.4 Å². The molecule has 1 aliphatic carbocycles. The molecule has 4 N–H and O–H groups in total. The van der Waals surface area contributed by atoms with E-state index in [1.54, 1.807) is 11.3 Å². The molecule has 0 spiro atoms. The molecule has 10 heteroatoms. The van der Waals surface area contributed by atoms with E-state index < -0.39 is 0 Å². The molecule has 26 heavy (non-hydrogen) atoms. The summed E-state index contributed by atoms with van der Waals surface area (Å²) in [7, 11) is 0. The lowest BCUT2D eigenvalue weighted by Gasteiger charge is -2.07. The highest BCUT2D eigenvalue weighted by atomic mass is 32.2. The molecule has 3 aromatic rings. The number of hydrogen-bond acceptors (Lipinski definition) is 10. The van der Waals surface area contributed by atoms with Gasteiger partial charge in [-0.25, -0.2) is 0 Å². The topological polar surface area (TPSA) is 115 Å². The van der Waals surface area contributed by atoms with Crippen molar-refractivity contribution in [3.8, 4) is 0 Å². The predicted molar refractivity (Wildman–Crippen MR) is 105 cm³/mol. The number of rotatable bonds is 7. The summed E-state index contributed by atoms with van der Waals surface area (Å²) in [4.78, 5) is 12.8. The number of nitrogens with zero attached hydrogens (tertiary/aromatic N) is 5. The third-order valence-corrected chi connectivity index (χ3v) is 5.63. The molecule has 1 aromatic carbocycles. The fourth-order valence-electron chi connectivity index (χ4n) is 2.18. The minimum atomic E-state index is 0.193. The average molecular weight is 387 g/mol. The van der Waals surface area contributed by atoms with Gasteiger partial charge < -0.3 is 16.4 Å². The third kappa shape index (κ3) is 4.58. The zero-order chi connectivity index (χ0) is 17.9. The number of nitrogens with one attached hydrogen (secondary N) is 2. The van der Waals surface area contributed by atoms with E-state index in [0.29, 0.717) is 23.6 Å². The smallest absolute Gasteiger partial charge is 0.232 e. The zero-order valence-corrected chi connectivity index (χ0v) is 15.8. The Morgan fingerprint density at radius 3 is 2.73 bits per heavy atom. The molecule has 0 saturated heterocycles. The summed E-state index contributed by atoms with van der Waals surface area (Å²) in [5.41, 5.74) is 7.92. The predicted octanol–water partition coefficient (Wildman–Crippen LogP) is 3.22. The first-order chi connectivity index (χ1) is 12.6. The van der Waals surface area contributed by atoms with Crippen molar-refractivity contribution in [2.45, 2.75) is 35.9 Å². The summed E-state index contributed by atoms with van der Waals surface area (Å²) in [6.45, 7) is 2.04. The third-order valence-electron chi connectivity index (χ3n) is 3.64.